The van der Waals surface area contributed by atoms with Crippen LogP contribution in [0.25, 0.3) is 0 Å². The first-order valence-corrected chi connectivity index (χ1v) is 6.19. The van der Waals surface area contributed by atoms with Crippen LogP contribution >= 0.6 is 0 Å². The number of aromatic hydroxyl groups is 1. The summed E-state index contributed by atoms with van der Waals surface area (Å²) >= 11 is 0. The summed E-state index contributed by atoms with van der Waals surface area (Å²) in [6.45, 7) is 3.66. The van der Waals surface area contributed by atoms with Gasteiger partial charge in [-0.3, -0.25) is 19.3 Å². The highest BCUT2D eigenvalue weighted by atomic mass is 16.3. The van der Waals surface area contributed by atoms with Crippen molar-refractivity contribution in [2.75, 3.05) is 0 Å². The van der Waals surface area contributed by atoms with Gasteiger partial charge in [0.15, 0.2) is 0 Å². The monoisotopic (exact) mass is 272 g/mol. The van der Waals surface area contributed by atoms with E-state index in [-0.39, 0.29) is 16.9 Å². The van der Waals surface area contributed by atoms with E-state index >= 15 is 0 Å². The van der Waals surface area contributed by atoms with Crippen LogP contribution in [-0.4, -0.2) is 33.8 Å². The number of phenolic OH excluding ortho intramolecular Hbond substituents is 1. The first kappa shape index (κ1) is 12.4. The second kappa shape index (κ2) is 4.19. The van der Waals surface area contributed by atoms with Crippen LogP contribution in [0, 0.1) is 0 Å². The van der Waals surface area contributed by atoms with Crippen molar-refractivity contribution in [1.29, 1.82) is 0 Å². The predicted molar refractivity (Wildman–Crippen MR) is 68.9 cm³/mol. The molecular formula is C14H12N2O4. The molecule has 0 aliphatic carbocycles. The van der Waals surface area contributed by atoms with Crippen molar-refractivity contribution in [2.45, 2.75) is 18.9 Å². The maximum Gasteiger partial charge on any atom is 0.266 e. The molecule has 3 amide bonds. The Kier molecular flexibility index (Phi) is 2.60. The van der Waals surface area contributed by atoms with Gasteiger partial charge in [-0.05, 0) is 25.0 Å². The number of hydrogen-bond donors (Lipinski definition) is 2. The molecular weight excluding hydrogens is 260 g/mol. The minimum absolute atomic E-state index is 0.0327. The molecule has 1 aromatic rings. The number of allylic oxidation sites excluding steroid dienone is 1. The van der Waals surface area contributed by atoms with Gasteiger partial charge in [0.2, 0.25) is 5.91 Å². The number of carbonyl (C=O) groups excluding carboxylic acids is 3. The maximum atomic E-state index is 12.3. The highest BCUT2D eigenvalue weighted by Crippen LogP contribution is 2.33. The molecule has 3 rings (SSSR count). The third kappa shape index (κ3) is 1.61. The Morgan fingerprint density at radius 1 is 1.25 bits per heavy atom. The summed E-state index contributed by atoms with van der Waals surface area (Å²) in [6.07, 6.45) is 0.854. The number of piperidine rings is 1. The number of carbonyl (C=O) groups is 3. The standard InChI is InChI=1S/C14H12N2O4/c1-7-5-6-9(12(18)15-7)16-13(19)8-3-2-4-10(17)11(8)14(16)20/h2-4,9,17H,1,5-6H2,(H,15,18). The Bertz CT molecular complexity index is 665. The lowest BCUT2D eigenvalue weighted by molar-refractivity contribution is -0.125. The van der Waals surface area contributed by atoms with Gasteiger partial charge < -0.3 is 10.4 Å². The Labute approximate surface area is 114 Å². The first-order chi connectivity index (χ1) is 9.50. The van der Waals surface area contributed by atoms with Crippen molar-refractivity contribution in [3.8, 4) is 5.75 Å². The lowest BCUT2D eigenvalue weighted by atomic mass is 10.0. The Hall–Kier alpha value is -2.63. The van der Waals surface area contributed by atoms with E-state index in [1.54, 1.807) is 0 Å². The van der Waals surface area contributed by atoms with Crippen molar-refractivity contribution < 1.29 is 19.5 Å². The molecule has 0 spiro atoms. The molecule has 0 bridgehead atoms. The molecule has 1 unspecified atom stereocenters. The topological polar surface area (TPSA) is 86.7 Å². The van der Waals surface area contributed by atoms with Crippen molar-refractivity contribution in [2.24, 2.45) is 0 Å². The van der Waals surface area contributed by atoms with E-state index in [4.69, 9.17) is 0 Å². The van der Waals surface area contributed by atoms with Crippen LogP contribution < -0.4 is 5.32 Å². The molecule has 2 aliphatic rings. The van der Waals surface area contributed by atoms with Crippen molar-refractivity contribution >= 4 is 17.7 Å². The number of hydrogen-bond acceptors (Lipinski definition) is 4. The third-order valence-corrected chi connectivity index (χ3v) is 3.56. The lowest BCUT2D eigenvalue weighted by Gasteiger charge is -2.29. The molecule has 6 heteroatoms. The summed E-state index contributed by atoms with van der Waals surface area (Å²) in [5, 5.41) is 12.3. The summed E-state index contributed by atoms with van der Waals surface area (Å²) in [6, 6.07) is 3.45. The average molecular weight is 272 g/mol. The minimum atomic E-state index is -0.854. The van der Waals surface area contributed by atoms with Crippen LogP contribution in [0.3, 0.4) is 0 Å². The van der Waals surface area contributed by atoms with E-state index in [0.29, 0.717) is 18.5 Å². The van der Waals surface area contributed by atoms with Crippen molar-refractivity contribution in [3.63, 3.8) is 0 Å². The van der Waals surface area contributed by atoms with E-state index in [9.17, 15) is 19.5 Å². The number of benzene rings is 1. The molecule has 0 aromatic heterocycles. The summed E-state index contributed by atoms with van der Waals surface area (Å²) < 4.78 is 0. The van der Waals surface area contributed by atoms with Crippen molar-refractivity contribution in [3.05, 3.63) is 41.6 Å². The minimum Gasteiger partial charge on any atom is -0.507 e. The van der Waals surface area contributed by atoms with Crippen LogP contribution in [0.15, 0.2) is 30.5 Å². The summed E-state index contributed by atoms with van der Waals surface area (Å²) in [7, 11) is 0. The number of nitrogens with one attached hydrogen (secondary N) is 1. The summed E-state index contributed by atoms with van der Waals surface area (Å²) in [4.78, 5) is 37.4. The predicted octanol–water partition coefficient (Wildman–Crippen LogP) is 0.780. The molecule has 1 saturated heterocycles. The maximum absolute atomic E-state index is 12.3. The summed E-state index contributed by atoms with van der Waals surface area (Å²) in [5.41, 5.74) is 0.674. The highest BCUT2D eigenvalue weighted by molar-refractivity contribution is 6.24. The van der Waals surface area contributed by atoms with Gasteiger partial charge in [0.1, 0.15) is 11.8 Å². The van der Waals surface area contributed by atoms with E-state index in [1.165, 1.54) is 18.2 Å². The SMILES string of the molecule is C=C1CCC(N2C(=O)c3cccc(O)c3C2=O)C(=O)N1. The van der Waals surface area contributed by atoms with Crippen LogP contribution in [-0.2, 0) is 4.79 Å². The number of nitrogens with zero attached hydrogens (tertiary/aromatic N) is 1. The molecule has 2 heterocycles. The first-order valence-electron chi connectivity index (χ1n) is 6.19. The number of amides is 3. The fraction of sp³-hybridized carbons (Fsp3) is 0.214. The van der Waals surface area contributed by atoms with Crippen LogP contribution in [0.2, 0.25) is 0 Å². The van der Waals surface area contributed by atoms with Gasteiger partial charge in [0, 0.05) is 5.70 Å². The zero-order valence-corrected chi connectivity index (χ0v) is 10.5. The number of imide groups is 1. The molecule has 102 valence electrons. The molecule has 1 aromatic carbocycles. The van der Waals surface area contributed by atoms with E-state index < -0.39 is 23.8 Å². The van der Waals surface area contributed by atoms with E-state index in [1.807, 2.05) is 0 Å². The molecule has 0 saturated carbocycles. The fourth-order valence-electron chi connectivity index (χ4n) is 2.58. The zero-order valence-electron chi connectivity index (χ0n) is 10.5. The zero-order chi connectivity index (χ0) is 14.4. The smallest absolute Gasteiger partial charge is 0.266 e. The van der Waals surface area contributed by atoms with Gasteiger partial charge >= 0.3 is 0 Å². The number of phenols is 1. The summed E-state index contributed by atoms with van der Waals surface area (Å²) in [5.74, 6) is -1.84. The number of fused-ring (bicyclic) bond motifs is 1. The highest BCUT2D eigenvalue weighted by Gasteiger charge is 2.45. The van der Waals surface area contributed by atoms with Gasteiger partial charge in [-0.25, -0.2) is 0 Å². The Morgan fingerprint density at radius 3 is 2.65 bits per heavy atom. The van der Waals surface area contributed by atoms with Crippen LogP contribution in [0.5, 0.6) is 5.75 Å². The van der Waals surface area contributed by atoms with Gasteiger partial charge in [-0.15, -0.1) is 0 Å². The molecule has 6 nitrogen and oxygen atoms in total. The van der Waals surface area contributed by atoms with Gasteiger partial charge in [0.05, 0.1) is 11.1 Å². The molecule has 1 fully saturated rings. The van der Waals surface area contributed by atoms with Crippen LogP contribution in [0.1, 0.15) is 33.6 Å². The van der Waals surface area contributed by atoms with E-state index in [2.05, 4.69) is 11.9 Å². The van der Waals surface area contributed by atoms with E-state index in [0.717, 1.165) is 4.90 Å². The molecule has 1 atom stereocenters. The van der Waals surface area contributed by atoms with Gasteiger partial charge in [-0.2, -0.15) is 0 Å². The third-order valence-electron chi connectivity index (χ3n) is 3.56. The second-order valence-corrected chi connectivity index (χ2v) is 4.83. The number of rotatable bonds is 1. The quantitative estimate of drug-likeness (QED) is 0.740. The van der Waals surface area contributed by atoms with Crippen molar-refractivity contribution in [1.82, 2.24) is 10.2 Å². The Balaban J connectivity index is 2.00. The largest absolute Gasteiger partial charge is 0.507 e. The molecule has 20 heavy (non-hydrogen) atoms. The Morgan fingerprint density at radius 2 is 2.00 bits per heavy atom. The molecule has 0 radical (unpaired) electrons. The lowest BCUT2D eigenvalue weighted by Crippen LogP contribution is -2.51. The average Bonchev–Trinajstić information content (AvgIpc) is 2.64. The normalized spacial score (nSPS) is 22.0. The van der Waals surface area contributed by atoms with Crippen LogP contribution in [0.4, 0.5) is 0 Å². The fourth-order valence-corrected chi connectivity index (χ4v) is 2.58. The van der Waals surface area contributed by atoms with Gasteiger partial charge in [0.25, 0.3) is 11.8 Å². The second-order valence-electron chi connectivity index (χ2n) is 4.83. The molecule has 2 N–H and O–H groups in total. The van der Waals surface area contributed by atoms with Gasteiger partial charge in [-0.1, -0.05) is 12.6 Å². The molecule has 2 aliphatic heterocycles.